The summed E-state index contributed by atoms with van der Waals surface area (Å²) >= 11 is 2.02. The van der Waals surface area contributed by atoms with Crippen molar-refractivity contribution in [2.75, 3.05) is 7.05 Å². The summed E-state index contributed by atoms with van der Waals surface area (Å²) < 4.78 is 0.673. The van der Waals surface area contributed by atoms with Crippen molar-refractivity contribution in [2.45, 2.75) is 13.1 Å². The fourth-order valence-corrected chi connectivity index (χ4v) is 1.93. The Hall–Kier alpha value is -0.430. The predicted molar refractivity (Wildman–Crippen MR) is 52.7 cm³/mol. The van der Waals surface area contributed by atoms with Crippen LogP contribution >= 0.6 is 22.6 Å². The van der Waals surface area contributed by atoms with E-state index in [0.29, 0.717) is 10.4 Å². The highest BCUT2D eigenvalue weighted by molar-refractivity contribution is 14.1. The van der Waals surface area contributed by atoms with E-state index in [9.17, 15) is 4.79 Å². The average molecular weight is 277 g/mol. The van der Waals surface area contributed by atoms with E-state index in [2.05, 4.69) is 14.9 Å². The molecule has 12 heavy (non-hydrogen) atoms. The van der Waals surface area contributed by atoms with Crippen LogP contribution in [0.1, 0.15) is 11.3 Å². The van der Waals surface area contributed by atoms with Crippen molar-refractivity contribution >= 4 is 22.6 Å². The molecule has 0 radical (unpaired) electrons. The quantitative estimate of drug-likeness (QED) is 0.549. The van der Waals surface area contributed by atoms with Gasteiger partial charge in [-0.1, -0.05) is 0 Å². The van der Waals surface area contributed by atoms with Crippen molar-refractivity contribution in [3.05, 3.63) is 25.4 Å². The molecule has 4 nitrogen and oxygen atoms in total. The minimum absolute atomic E-state index is 0.00810. The lowest BCUT2D eigenvalue weighted by Crippen LogP contribution is -2.16. The molecule has 0 spiro atoms. The van der Waals surface area contributed by atoms with Gasteiger partial charge in [0, 0.05) is 13.1 Å². The van der Waals surface area contributed by atoms with E-state index in [1.807, 2.05) is 29.6 Å². The van der Waals surface area contributed by atoms with E-state index in [4.69, 9.17) is 0 Å². The molecule has 1 aromatic heterocycles. The minimum Gasteiger partial charge on any atom is -0.302 e. The molecule has 64 valence electrons. The highest BCUT2D eigenvalue weighted by atomic mass is 127. The van der Waals surface area contributed by atoms with Gasteiger partial charge in [0.05, 0.1) is 11.3 Å². The van der Waals surface area contributed by atoms with Crippen molar-refractivity contribution < 1.29 is 0 Å². The molecule has 1 aromatic rings. The molecule has 2 heterocycles. The molecule has 1 aliphatic heterocycles. The van der Waals surface area contributed by atoms with Gasteiger partial charge in [0.25, 0.3) is 5.56 Å². The second-order valence-corrected chi connectivity index (χ2v) is 3.98. The zero-order chi connectivity index (χ0) is 8.72. The van der Waals surface area contributed by atoms with Gasteiger partial charge in [0.1, 0.15) is 0 Å². The smallest absolute Gasteiger partial charge is 0.256 e. The molecule has 0 atom stereocenters. The zero-order valence-electron chi connectivity index (χ0n) is 6.59. The molecule has 1 N–H and O–H groups in total. The third-order valence-electron chi connectivity index (χ3n) is 1.92. The fourth-order valence-electron chi connectivity index (χ4n) is 1.39. The fraction of sp³-hybridized carbons (Fsp3) is 0.429. The largest absolute Gasteiger partial charge is 0.302 e. The summed E-state index contributed by atoms with van der Waals surface area (Å²) in [4.78, 5) is 20.4. The normalized spacial score (nSPS) is 16.5. The Balaban J connectivity index is 2.60. The maximum atomic E-state index is 11.4. The number of aromatic amines is 1. The summed E-state index contributed by atoms with van der Waals surface area (Å²) in [6.07, 6.45) is 0. The standard InChI is InChI=1S/C7H8IN3O/c1-11-2-4-5(3-11)9-7(8)10-6(4)12/h2-3H2,1H3,(H,9,10,12). The Labute approximate surface area is 83.1 Å². The minimum atomic E-state index is 0.00810. The first-order chi connectivity index (χ1) is 5.66. The third kappa shape index (κ3) is 1.27. The molecule has 5 heteroatoms. The summed E-state index contributed by atoms with van der Waals surface area (Å²) in [7, 11) is 1.98. The van der Waals surface area contributed by atoms with Crippen LogP contribution in [0.5, 0.6) is 0 Å². The summed E-state index contributed by atoms with van der Waals surface area (Å²) in [6.45, 7) is 1.50. The maximum absolute atomic E-state index is 11.4. The molecule has 1 aliphatic rings. The molecular weight excluding hydrogens is 269 g/mol. The lowest BCUT2D eigenvalue weighted by atomic mass is 10.3. The number of aromatic nitrogens is 2. The number of nitrogens with one attached hydrogen (secondary N) is 1. The zero-order valence-corrected chi connectivity index (χ0v) is 8.75. The van der Waals surface area contributed by atoms with Crippen LogP contribution in [-0.4, -0.2) is 21.9 Å². The van der Waals surface area contributed by atoms with Crippen LogP contribution in [0.15, 0.2) is 4.79 Å². The first kappa shape index (κ1) is 8.18. The first-order valence-corrected chi connectivity index (χ1v) is 4.71. The Morgan fingerprint density at radius 3 is 3.08 bits per heavy atom. The number of H-pyrrole nitrogens is 1. The van der Waals surface area contributed by atoms with Gasteiger partial charge < -0.3 is 4.98 Å². The van der Waals surface area contributed by atoms with Crippen LogP contribution in [0.3, 0.4) is 0 Å². The summed E-state index contributed by atoms with van der Waals surface area (Å²) in [5.41, 5.74) is 1.75. The SMILES string of the molecule is CN1Cc2nc(I)[nH]c(=O)c2C1. The molecule has 0 fully saturated rings. The number of hydrogen-bond donors (Lipinski definition) is 1. The molecule has 0 bridgehead atoms. The van der Waals surface area contributed by atoms with Crippen LogP contribution in [0, 0.1) is 3.83 Å². The number of hydrogen-bond acceptors (Lipinski definition) is 3. The second kappa shape index (κ2) is 2.81. The van der Waals surface area contributed by atoms with E-state index in [0.717, 1.165) is 17.8 Å². The Kier molecular flexibility index (Phi) is 1.91. The van der Waals surface area contributed by atoms with E-state index in [1.54, 1.807) is 0 Å². The van der Waals surface area contributed by atoms with Crippen LogP contribution in [0.4, 0.5) is 0 Å². The van der Waals surface area contributed by atoms with Crippen LogP contribution in [0.2, 0.25) is 0 Å². The lowest BCUT2D eigenvalue weighted by molar-refractivity contribution is 0.350. The first-order valence-electron chi connectivity index (χ1n) is 3.63. The van der Waals surface area contributed by atoms with Crippen molar-refractivity contribution in [1.29, 1.82) is 0 Å². The monoisotopic (exact) mass is 277 g/mol. The van der Waals surface area contributed by atoms with Gasteiger partial charge >= 0.3 is 0 Å². The van der Waals surface area contributed by atoms with Crippen molar-refractivity contribution in [3.63, 3.8) is 0 Å². The Bertz CT molecular complexity index is 373. The highest BCUT2D eigenvalue weighted by Crippen LogP contribution is 2.15. The summed E-state index contributed by atoms with van der Waals surface area (Å²) in [5, 5.41) is 0. The molecular formula is C7H8IN3O. The van der Waals surface area contributed by atoms with Gasteiger partial charge in [-0.2, -0.15) is 0 Å². The molecule has 0 unspecified atom stereocenters. The predicted octanol–water partition coefficient (Wildman–Crippen LogP) is 0.320. The van der Waals surface area contributed by atoms with Crippen molar-refractivity contribution in [1.82, 2.24) is 14.9 Å². The molecule has 0 aromatic carbocycles. The van der Waals surface area contributed by atoms with Gasteiger partial charge in [0.2, 0.25) is 0 Å². The number of halogens is 1. The van der Waals surface area contributed by atoms with Gasteiger partial charge in [-0.05, 0) is 29.6 Å². The summed E-state index contributed by atoms with van der Waals surface area (Å²) in [6, 6.07) is 0. The second-order valence-electron chi connectivity index (χ2n) is 2.95. The molecule has 0 amide bonds. The van der Waals surface area contributed by atoms with E-state index >= 15 is 0 Å². The van der Waals surface area contributed by atoms with E-state index < -0.39 is 0 Å². The molecule has 0 aliphatic carbocycles. The topological polar surface area (TPSA) is 49.0 Å². The number of rotatable bonds is 0. The van der Waals surface area contributed by atoms with Gasteiger partial charge in [0.15, 0.2) is 3.83 Å². The maximum Gasteiger partial charge on any atom is 0.256 e. The van der Waals surface area contributed by atoms with E-state index in [-0.39, 0.29) is 5.56 Å². The third-order valence-corrected chi connectivity index (χ3v) is 2.43. The highest BCUT2D eigenvalue weighted by Gasteiger charge is 2.20. The molecule has 0 saturated heterocycles. The van der Waals surface area contributed by atoms with Crippen molar-refractivity contribution in [3.8, 4) is 0 Å². The lowest BCUT2D eigenvalue weighted by Gasteiger charge is -2.01. The molecule has 2 rings (SSSR count). The van der Waals surface area contributed by atoms with E-state index in [1.165, 1.54) is 0 Å². The van der Waals surface area contributed by atoms with Crippen LogP contribution in [-0.2, 0) is 13.1 Å². The number of nitrogens with zero attached hydrogens (tertiary/aromatic N) is 2. The van der Waals surface area contributed by atoms with Gasteiger partial charge in [-0.25, -0.2) is 4.98 Å². The van der Waals surface area contributed by atoms with Crippen LogP contribution < -0.4 is 5.56 Å². The summed E-state index contributed by atoms with van der Waals surface area (Å²) in [5.74, 6) is 0. The Morgan fingerprint density at radius 1 is 1.58 bits per heavy atom. The average Bonchev–Trinajstić information content (AvgIpc) is 2.29. The van der Waals surface area contributed by atoms with Gasteiger partial charge in [-0.3, -0.25) is 9.69 Å². The van der Waals surface area contributed by atoms with Crippen molar-refractivity contribution in [2.24, 2.45) is 0 Å². The molecule has 0 saturated carbocycles. The van der Waals surface area contributed by atoms with Crippen LogP contribution in [0.25, 0.3) is 0 Å². The Morgan fingerprint density at radius 2 is 2.33 bits per heavy atom. The van der Waals surface area contributed by atoms with Gasteiger partial charge in [-0.15, -0.1) is 0 Å². The number of fused-ring (bicyclic) bond motifs is 1.